The number of nitrogens with zero attached hydrogens (tertiary/aromatic N) is 2. The molecule has 0 saturated carbocycles. The van der Waals surface area contributed by atoms with Crippen LogP contribution in [0.2, 0.25) is 0 Å². The highest BCUT2D eigenvalue weighted by atomic mass is 32.1. The quantitative estimate of drug-likeness (QED) is 0.630. The van der Waals surface area contributed by atoms with E-state index in [1.54, 1.807) is 9.80 Å². The Morgan fingerprint density at radius 2 is 1.64 bits per heavy atom. The van der Waals surface area contributed by atoms with Gasteiger partial charge in [0.25, 0.3) is 0 Å². The molecule has 2 atom stereocenters. The molecule has 14 heavy (non-hydrogen) atoms. The van der Waals surface area contributed by atoms with Gasteiger partial charge >= 0.3 is 6.03 Å². The van der Waals surface area contributed by atoms with E-state index in [1.807, 2.05) is 13.8 Å². The molecule has 0 spiro atoms. The molecule has 78 valence electrons. The Balaban J connectivity index is 2.24. The van der Waals surface area contributed by atoms with E-state index < -0.39 is 0 Å². The van der Waals surface area contributed by atoms with E-state index in [-0.39, 0.29) is 18.4 Å². The van der Waals surface area contributed by atoms with Gasteiger partial charge < -0.3 is 20.4 Å². The molecule has 2 aliphatic heterocycles. The molecular weight excluding hydrogens is 200 g/mol. The summed E-state index contributed by atoms with van der Waals surface area (Å²) in [4.78, 5) is 15.4. The van der Waals surface area contributed by atoms with Crippen molar-refractivity contribution in [3.8, 4) is 0 Å². The van der Waals surface area contributed by atoms with Crippen LogP contribution in [0, 0.1) is 0 Å². The summed E-state index contributed by atoms with van der Waals surface area (Å²) in [6, 6.07) is 0.0764. The second kappa shape index (κ2) is 3.27. The minimum Gasteiger partial charge on any atom is -0.339 e. The van der Waals surface area contributed by atoms with Crippen molar-refractivity contribution < 1.29 is 4.79 Å². The maximum atomic E-state index is 11.8. The number of carbonyl (C=O) groups is 1. The first kappa shape index (κ1) is 9.51. The highest BCUT2D eigenvalue weighted by molar-refractivity contribution is 7.80. The van der Waals surface area contributed by atoms with Crippen LogP contribution in [-0.4, -0.2) is 46.4 Å². The van der Waals surface area contributed by atoms with Crippen molar-refractivity contribution in [3.05, 3.63) is 0 Å². The van der Waals surface area contributed by atoms with Crippen LogP contribution < -0.4 is 10.6 Å². The molecule has 2 saturated heterocycles. The molecule has 5 nitrogen and oxygen atoms in total. The monoisotopic (exact) mass is 214 g/mol. The fourth-order valence-electron chi connectivity index (χ4n) is 2.03. The molecule has 0 radical (unpaired) electrons. The lowest BCUT2D eigenvalue weighted by molar-refractivity contribution is 0.186. The number of hydrogen-bond donors (Lipinski definition) is 2. The summed E-state index contributed by atoms with van der Waals surface area (Å²) in [5.41, 5.74) is 0. The molecule has 6 heteroatoms. The summed E-state index contributed by atoms with van der Waals surface area (Å²) < 4.78 is 0. The first-order chi connectivity index (χ1) is 6.69. The number of hydrogen-bond acceptors (Lipinski definition) is 2. The zero-order valence-corrected chi connectivity index (χ0v) is 9.10. The SMILES string of the molecule is CCN1C(=O)N(CC)[C@H]2NC(=S)N[C@@H]21. The molecular formula is C8H14N4OS. The molecule has 2 fully saturated rings. The van der Waals surface area contributed by atoms with Crippen molar-refractivity contribution in [2.75, 3.05) is 13.1 Å². The third-order valence-corrected chi connectivity index (χ3v) is 2.94. The smallest absolute Gasteiger partial charge is 0.323 e. The van der Waals surface area contributed by atoms with Gasteiger partial charge in [0.1, 0.15) is 12.3 Å². The number of likely N-dealkylation sites (N-methyl/N-ethyl adjacent to an activating group) is 2. The molecule has 2 rings (SSSR count). The Labute approximate surface area is 88.4 Å². The predicted octanol–water partition coefficient (Wildman–Crippen LogP) is -0.106. The van der Waals surface area contributed by atoms with E-state index >= 15 is 0 Å². The highest BCUT2D eigenvalue weighted by Crippen LogP contribution is 2.22. The van der Waals surface area contributed by atoms with Crippen molar-refractivity contribution in [2.45, 2.75) is 26.2 Å². The summed E-state index contributed by atoms with van der Waals surface area (Å²) in [6.45, 7) is 5.34. The summed E-state index contributed by atoms with van der Waals surface area (Å²) >= 11 is 5.03. The van der Waals surface area contributed by atoms with Crippen molar-refractivity contribution in [2.24, 2.45) is 0 Å². The van der Waals surface area contributed by atoms with Crippen LogP contribution in [0.25, 0.3) is 0 Å². The molecule has 0 bridgehead atoms. The number of carbonyl (C=O) groups excluding carboxylic acids is 1. The Kier molecular flexibility index (Phi) is 2.22. The van der Waals surface area contributed by atoms with E-state index in [2.05, 4.69) is 10.6 Å². The topological polar surface area (TPSA) is 47.6 Å². The number of urea groups is 1. The lowest BCUT2D eigenvalue weighted by atomic mass is 10.4. The fourth-order valence-corrected chi connectivity index (χ4v) is 2.27. The third kappa shape index (κ3) is 1.13. The maximum absolute atomic E-state index is 11.8. The average molecular weight is 214 g/mol. The zero-order valence-electron chi connectivity index (χ0n) is 8.28. The minimum atomic E-state index is -0.0000463. The van der Waals surface area contributed by atoms with E-state index in [4.69, 9.17) is 12.2 Å². The van der Waals surface area contributed by atoms with Crippen molar-refractivity contribution in [1.82, 2.24) is 20.4 Å². The van der Waals surface area contributed by atoms with Crippen molar-refractivity contribution in [3.63, 3.8) is 0 Å². The van der Waals surface area contributed by atoms with Crippen LogP contribution in [0.15, 0.2) is 0 Å². The molecule has 2 N–H and O–H groups in total. The van der Waals surface area contributed by atoms with Gasteiger partial charge in [0.15, 0.2) is 5.11 Å². The van der Waals surface area contributed by atoms with E-state index in [0.717, 1.165) is 0 Å². The number of thiocarbonyl (C=S) groups is 1. The van der Waals surface area contributed by atoms with Crippen LogP contribution in [0.3, 0.4) is 0 Å². The number of nitrogens with one attached hydrogen (secondary N) is 2. The van der Waals surface area contributed by atoms with Gasteiger partial charge in [-0.3, -0.25) is 0 Å². The van der Waals surface area contributed by atoms with Crippen LogP contribution >= 0.6 is 12.2 Å². The van der Waals surface area contributed by atoms with Gasteiger partial charge in [0.2, 0.25) is 0 Å². The van der Waals surface area contributed by atoms with Gasteiger partial charge in [-0.1, -0.05) is 0 Å². The second-order valence-corrected chi connectivity index (χ2v) is 3.77. The fraction of sp³-hybridized carbons (Fsp3) is 0.750. The second-order valence-electron chi connectivity index (χ2n) is 3.36. The van der Waals surface area contributed by atoms with E-state index in [0.29, 0.717) is 18.2 Å². The number of fused-ring (bicyclic) bond motifs is 1. The normalized spacial score (nSPS) is 30.4. The zero-order chi connectivity index (χ0) is 10.3. The van der Waals surface area contributed by atoms with Crippen LogP contribution in [0.4, 0.5) is 4.79 Å². The standard InChI is InChI=1S/C8H14N4OS/c1-3-11-5-6(10-7(14)9-5)12(4-2)8(11)13/h5-6H,3-4H2,1-2H3,(H2,9,10,14)/t5-,6-/m1/s1. The molecule has 0 aromatic rings. The Morgan fingerprint density at radius 1 is 1.21 bits per heavy atom. The molecule has 0 aliphatic carbocycles. The maximum Gasteiger partial charge on any atom is 0.323 e. The summed E-state index contributed by atoms with van der Waals surface area (Å²) in [5, 5.41) is 6.82. The lowest BCUT2D eigenvalue weighted by Crippen LogP contribution is -2.43. The molecule has 2 amide bonds. The number of rotatable bonds is 2. The Hall–Kier alpha value is -1.04. The van der Waals surface area contributed by atoms with E-state index in [1.165, 1.54) is 0 Å². The Bertz CT molecular complexity index is 259. The molecule has 0 aromatic carbocycles. The first-order valence-corrected chi connectivity index (χ1v) is 5.24. The average Bonchev–Trinajstić information content (AvgIpc) is 2.59. The minimum absolute atomic E-state index is 0.0000463. The van der Waals surface area contributed by atoms with Gasteiger partial charge in [-0.2, -0.15) is 0 Å². The van der Waals surface area contributed by atoms with Crippen molar-refractivity contribution >= 4 is 23.4 Å². The highest BCUT2D eigenvalue weighted by Gasteiger charge is 2.48. The first-order valence-electron chi connectivity index (χ1n) is 4.83. The van der Waals surface area contributed by atoms with E-state index in [9.17, 15) is 4.79 Å². The third-order valence-electron chi connectivity index (χ3n) is 2.70. The Morgan fingerprint density at radius 3 is 2.00 bits per heavy atom. The van der Waals surface area contributed by atoms with Crippen LogP contribution in [-0.2, 0) is 0 Å². The van der Waals surface area contributed by atoms with Gasteiger partial charge in [-0.05, 0) is 26.1 Å². The summed E-state index contributed by atoms with van der Waals surface area (Å²) in [6.07, 6.45) is -0.0000926. The van der Waals surface area contributed by atoms with Crippen LogP contribution in [0.1, 0.15) is 13.8 Å². The molecule has 0 aromatic heterocycles. The van der Waals surface area contributed by atoms with Crippen LogP contribution in [0.5, 0.6) is 0 Å². The van der Waals surface area contributed by atoms with Gasteiger partial charge in [0.05, 0.1) is 0 Å². The molecule has 2 aliphatic rings. The summed E-state index contributed by atoms with van der Waals surface area (Å²) in [7, 11) is 0. The van der Waals surface area contributed by atoms with Gasteiger partial charge in [-0.15, -0.1) is 0 Å². The van der Waals surface area contributed by atoms with Crippen molar-refractivity contribution in [1.29, 1.82) is 0 Å². The molecule has 0 unspecified atom stereocenters. The largest absolute Gasteiger partial charge is 0.339 e. The number of amides is 2. The predicted molar refractivity (Wildman–Crippen MR) is 56.6 cm³/mol. The van der Waals surface area contributed by atoms with Gasteiger partial charge in [-0.25, -0.2) is 4.79 Å². The summed E-state index contributed by atoms with van der Waals surface area (Å²) in [5.74, 6) is 0. The van der Waals surface area contributed by atoms with Gasteiger partial charge in [0, 0.05) is 13.1 Å². The lowest BCUT2D eigenvalue weighted by Gasteiger charge is -2.20. The molecule has 2 heterocycles.